The molecule has 144 valence electrons. The van der Waals surface area contributed by atoms with Gasteiger partial charge in [0.2, 0.25) is 0 Å². The molecule has 2 aromatic rings. The minimum absolute atomic E-state index is 0.0834. The molecule has 2 bridgehead atoms. The number of rotatable bonds is 5. The van der Waals surface area contributed by atoms with E-state index in [2.05, 4.69) is 14.8 Å². The van der Waals surface area contributed by atoms with Gasteiger partial charge in [-0.25, -0.2) is 4.98 Å². The molecular weight excluding hydrogens is 340 g/mol. The van der Waals surface area contributed by atoms with Gasteiger partial charge in [0.25, 0.3) is 5.91 Å². The molecule has 4 fully saturated rings. The summed E-state index contributed by atoms with van der Waals surface area (Å²) in [4.78, 5) is 22.4. The third-order valence-electron chi connectivity index (χ3n) is 6.51. The van der Waals surface area contributed by atoms with E-state index < -0.39 is 0 Å². The number of aliphatic hydroxyl groups excluding tert-OH is 1. The van der Waals surface area contributed by atoms with Crippen molar-refractivity contribution in [3.63, 3.8) is 0 Å². The van der Waals surface area contributed by atoms with Crippen molar-refractivity contribution in [2.75, 3.05) is 32.8 Å². The second-order valence-electron chi connectivity index (χ2n) is 8.57. The number of hydrogen-bond acceptors (Lipinski definition) is 4. The molecular formula is C21H28N4O2. The molecule has 3 aliphatic heterocycles. The molecule has 2 atom stereocenters. The maximum atomic E-state index is 13.2. The summed E-state index contributed by atoms with van der Waals surface area (Å²) in [6.45, 7) is 4.75. The highest BCUT2D eigenvalue weighted by atomic mass is 16.3. The number of imidazole rings is 1. The molecule has 1 saturated carbocycles. The van der Waals surface area contributed by atoms with Crippen LogP contribution in [-0.4, -0.2) is 69.2 Å². The molecule has 1 aromatic carbocycles. The van der Waals surface area contributed by atoms with Crippen LogP contribution in [0.1, 0.15) is 36.0 Å². The van der Waals surface area contributed by atoms with Crippen molar-refractivity contribution in [1.29, 1.82) is 0 Å². The Hall–Kier alpha value is -1.92. The van der Waals surface area contributed by atoms with E-state index in [0.717, 1.165) is 42.1 Å². The Morgan fingerprint density at radius 2 is 2.04 bits per heavy atom. The lowest BCUT2D eigenvalue weighted by Crippen LogP contribution is -2.45. The Morgan fingerprint density at radius 1 is 1.15 bits per heavy atom. The van der Waals surface area contributed by atoms with E-state index in [9.17, 15) is 4.79 Å². The molecule has 0 spiro atoms. The SMILES string of the molecule is O=C(c1ccc2c(c1)ncn2CCO)N1C[C@@H]2CC[C@H](C1)N(CC1CC1)C2. The normalized spacial score (nSPS) is 25.9. The van der Waals surface area contributed by atoms with Crippen LogP contribution in [-0.2, 0) is 6.54 Å². The Kier molecular flexibility index (Phi) is 4.40. The molecule has 4 aliphatic rings. The summed E-state index contributed by atoms with van der Waals surface area (Å²) in [6, 6.07) is 6.30. The zero-order chi connectivity index (χ0) is 18.4. The van der Waals surface area contributed by atoms with Crippen molar-refractivity contribution in [2.24, 2.45) is 11.8 Å². The number of hydrogen-bond donors (Lipinski definition) is 1. The molecule has 6 rings (SSSR count). The van der Waals surface area contributed by atoms with Crippen LogP contribution in [0.4, 0.5) is 0 Å². The van der Waals surface area contributed by atoms with E-state index in [-0.39, 0.29) is 12.5 Å². The van der Waals surface area contributed by atoms with Gasteiger partial charge in [-0.3, -0.25) is 9.69 Å². The highest BCUT2D eigenvalue weighted by molar-refractivity contribution is 5.97. The number of benzene rings is 1. The number of aliphatic hydroxyl groups is 1. The zero-order valence-corrected chi connectivity index (χ0v) is 15.8. The van der Waals surface area contributed by atoms with Gasteiger partial charge in [0.1, 0.15) is 0 Å². The van der Waals surface area contributed by atoms with Gasteiger partial charge in [0.05, 0.1) is 24.0 Å². The predicted octanol–water partition coefficient (Wildman–Crippen LogP) is 1.98. The lowest BCUT2D eigenvalue weighted by molar-refractivity contribution is 0.0737. The first-order chi connectivity index (χ1) is 13.2. The number of carbonyl (C=O) groups is 1. The summed E-state index contributed by atoms with van der Waals surface area (Å²) in [5.74, 6) is 1.66. The average Bonchev–Trinajstić information content (AvgIpc) is 3.47. The van der Waals surface area contributed by atoms with Crippen LogP contribution in [0.25, 0.3) is 11.0 Å². The number of amides is 1. The first-order valence-corrected chi connectivity index (χ1v) is 10.3. The zero-order valence-electron chi connectivity index (χ0n) is 15.8. The van der Waals surface area contributed by atoms with E-state index in [1.807, 2.05) is 22.8 Å². The van der Waals surface area contributed by atoms with Crippen molar-refractivity contribution in [3.8, 4) is 0 Å². The Labute approximate surface area is 159 Å². The largest absolute Gasteiger partial charge is 0.395 e. The molecule has 1 aromatic heterocycles. The molecule has 3 saturated heterocycles. The lowest BCUT2D eigenvalue weighted by atomic mass is 9.95. The molecule has 0 unspecified atom stereocenters. The number of nitrogens with zero attached hydrogens (tertiary/aromatic N) is 4. The molecule has 1 amide bonds. The summed E-state index contributed by atoms with van der Waals surface area (Å²) in [5.41, 5.74) is 2.52. The average molecular weight is 368 g/mol. The summed E-state index contributed by atoms with van der Waals surface area (Å²) in [5, 5.41) is 9.16. The van der Waals surface area contributed by atoms with E-state index >= 15 is 0 Å². The fourth-order valence-corrected chi connectivity index (χ4v) is 4.87. The van der Waals surface area contributed by atoms with Gasteiger partial charge in [-0.2, -0.15) is 0 Å². The lowest BCUT2D eigenvalue weighted by Gasteiger charge is -2.36. The van der Waals surface area contributed by atoms with Crippen molar-refractivity contribution >= 4 is 16.9 Å². The highest BCUT2D eigenvalue weighted by Crippen LogP contribution is 2.35. The standard InChI is InChI=1S/C21H28N4O2/c26-8-7-23-14-22-19-9-17(4-6-20(19)23)21(27)25-12-16-3-5-18(13-25)24(11-16)10-15-1-2-15/h4,6,9,14-16,18,26H,1-3,5,7-8,10-13H2/t16-,18-/m1/s1. The van der Waals surface area contributed by atoms with E-state index in [0.29, 0.717) is 18.5 Å². The quantitative estimate of drug-likeness (QED) is 0.877. The first-order valence-electron chi connectivity index (χ1n) is 10.3. The molecule has 27 heavy (non-hydrogen) atoms. The summed E-state index contributed by atoms with van der Waals surface area (Å²) >= 11 is 0. The van der Waals surface area contributed by atoms with Crippen LogP contribution < -0.4 is 0 Å². The molecule has 0 radical (unpaired) electrons. The van der Waals surface area contributed by atoms with E-state index in [1.165, 1.54) is 32.2 Å². The highest BCUT2D eigenvalue weighted by Gasteiger charge is 2.38. The van der Waals surface area contributed by atoms with Crippen LogP contribution in [0.5, 0.6) is 0 Å². The van der Waals surface area contributed by atoms with Gasteiger partial charge in [0.15, 0.2) is 0 Å². The minimum Gasteiger partial charge on any atom is -0.395 e. The van der Waals surface area contributed by atoms with Crippen LogP contribution in [0.3, 0.4) is 0 Å². The van der Waals surface area contributed by atoms with Gasteiger partial charge in [-0.1, -0.05) is 0 Å². The van der Waals surface area contributed by atoms with Gasteiger partial charge >= 0.3 is 0 Å². The number of piperidine rings is 1. The monoisotopic (exact) mass is 368 g/mol. The summed E-state index contributed by atoms with van der Waals surface area (Å²) < 4.78 is 1.92. The van der Waals surface area contributed by atoms with Crippen molar-refractivity contribution < 1.29 is 9.90 Å². The van der Waals surface area contributed by atoms with Crippen molar-refractivity contribution in [1.82, 2.24) is 19.4 Å². The first kappa shape index (κ1) is 17.2. The van der Waals surface area contributed by atoms with Crippen LogP contribution >= 0.6 is 0 Å². The van der Waals surface area contributed by atoms with Crippen LogP contribution in [0, 0.1) is 11.8 Å². The minimum atomic E-state index is 0.0834. The summed E-state index contributed by atoms with van der Waals surface area (Å²) in [6.07, 6.45) is 6.99. The van der Waals surface area contributed by atoms with E-state index in [4.69, 9.17) is 5.11 Å². The topological polar surface area (TPSA) is 61.6 Å². The molecule has 1 N–H and O–H groups in total. The van der Waals surface area contributed by atoms with Crippen LogP contribution in [0.15, 0.2) is 24.5 Å². The molecule has 1 aliphatic carbocycles. The molecule has 6 heteroatoms. The summed E-state index contributed by atoms with van der Waals surface area (Å²) in [7, 11) is 0. The third kappa shape index (κ3) is 3.36. The van der Waals surface area contributed by atoms with Gasteiger partial charge < -0.3 is 14.6 Å². The number of aromatic nitrogens is 2. The van der Waals surface area contributed by atoms with Gasteiger partial charge in [-0.15, -0.1) is 0 Å². The smallest absolute Gasteiger partial charge is 0.253 e. The Morgan fingerprint density at radius 3 is 2.85 bits per heavy atom. The number of fused-ring (bicyclic) bond motifs is 5. The van der Waals surface area contributed by atoms with Gasteiger partial charge in [-0.05, 0) is 55.7 Å². The maximum Gasteiger partial charge on any atom is 0.253 e. The van der Waals surface area contributed by atoms with Crippen molar-refractivity contribution in [3.05, 3.63) is 30.1 Å². The molecule has 6 nitrogen and oxygen atoms in total. The predicted molar refractivity (Wildman–Crippen MR) is 104 cm³/mol. The second-order valence-corrected chi connectivity index (χ2v) is 8.57. The number of carbonyl (C=O) groups excluding carboxylic acids is 1. The third-order valence-corrected chi connectivity index (χ3v) is 6.51. The second kappa shape index (κ2) is 6.91. The fraction of sp³-hybridized carbons (Fsp3) is 0.619. The van der Waals surface area contributed by atoms with Crippen molar-refractivity contribution in [2.45, 2.75) is 38.3 Å². The maximum absolute atomic E-state index is 13.2. The van der Waals surface area contributed by atoms with Crippen LogP contribution in [0.2, 0.25) is 0 Å². The molecule has 4 heterocycles. The Bertz CT molecular complexity index is 844. The Balaban J connectivity index is 1.35. The fourth-order valence-electron chi connectivity index (χ4n) is 4.87. The van der Waals surface area contributed by atoms with Gasteiger partial charge in [0, 0.05) is 44.3 Å². The van der Waals surface area contributed by atoms with E-state index in [1.54, 1.807) is 6.33 Å².